The Morgan fingerprint density at radius 2 is 2.50 bits per heavy atom. The zero-order valence-electron chi connectivity index (χ0n) is 8.57. The Kier molecular flexibility index (Phi) is 2.66. The molecule has 3 nitrogen and oxygen atoms in total. The van der Waals surface area contributed by atoms with Crippen LogP contribution < -0.4 is 0 Å². The summed E-state index contributed by atoms with van der Waals surface area (Å²) in [6, 6.07) is 0. The second-order valence-corrected chi connectivity index (χ2v) is 3.96. The van der Waals surface area contributed by atoms with Crippen molar-refractivity contribution >= 4 is 5.78 Å². The second kappa shape index (κ2) is 3.95. The third-order valence-electron chi connectivity index (χ3n) is 2.93. The molecule has 0 aliphatic heterocycles. The first-order chi connectivity index (χ1) is 6.79. The lowest BCUT2D eigenvalue weighted by molar-refractivity contribution is -0.120. The third-order valence-corrected chi connectivity index (χ3v) is 2.93. The van der Waals surface area contributed by atoms with Crippen LogP contribution in [-0.4, -0.2) is 15.6 Å². The molecule has 0 radical (unpaired) electrons. The van der Waals surface area contributed by atoms with Crippen molar-refractivity contribution < 1.29 is 4.79 Å². The van der Waals surface area contributed by atoms with Gasteiger partial charge in [-0.25, -0.2) is 0 Å². The molecule has 1 unspecified atom stereocenters. The lowest BCUT2D eigenvalue weighted by Crippen LogP contribution is -2.12. The standard InChI is InChI=1S/C11H16N2O/c1-2-13-8-10(7-12-13)9-4-3-5-11(14)6-9/h7-9H,2-6H2,1H3. The number of hydrogen-bond acceptors (Lipinski definition) is 2. The first-order valence-electron chi connectivity index (χ1n) is 5.33. The quantitative estimate of drug-likeness (QED) is 0.719. The van der Waals surface area contributed by atoms with Crippen LogP contribution in [0.3, 0.4) is 0 Å². The van der Waals surface area contributed by atoms with Gasteiger partial charge in [0.1, 0.15) is 5.78 Å². The number of aryl methyl sites for hydroxylation is 1. The van der Waals surface area contributed by atoms with Gasteiger partial charge in [0.15, 0.2) is 0 Å². The van der Waals surface area contributed by atoms with E-state index in [1.54, 1.807) is 0 Å². The van der Waals surface area contributed by atoms with E-state index in [9.17, 15) is 4.79 Å². The second-order valence-electron chi connectivity index (χ2n) is 3.96. The van der Waals surface area contributed by atoms with Crippen molar-refractivity contribution in [2.24, 2.45) is 0 Å². The molecule has 1 aliphatic rings. The minimum atomic E-state index is 0.408. The van der Waals surface area contributed by atoms with Crippen molar-refractivity contribution in [1.29, 1.82) is 0 Å². The van der Waals surface area contributed by atoms with Gasteiger partial charge in [-0.3, -0.25) is 9.48 Å². The molecular formula is C11H16N2O. The molecule has 0 aromatic carbocycles. The smallest absolute Gasteiger partial charge is 0.133 e. The number of ketones is 1. The van der Waals surface area contributed by atoms with Gasteiger partial charge < -0.3 is 0 Å². The summed E-state index contributed by atoms with van der Waals surface area (Å²) in [4.78, 5) is 11.3. The number of carbonyl (C=O) groups is 1. The van der Waals surface area contributed by atoms with Crippen LogP contribution in [-0.2, 0) is 11.3 Å². The molecule has 0 amide bonds. The Balaban J connectivity index is 2.09. The highest BCUT2D eigenvalue weighted by molar-refractivity contribution is 5.80. The molecule has 1 aromatic rings. The molecule has 14 heavy (non-hydrogen) atoms. The predicted molar refractivity (Wildman–Crippen MR) is 54.1 cm³/mol. The lowest BCUT2D eigenvalue weighted by Gasteiger charge is -2.18. The molecule has 1 aliphatic carbocycles. The zero-order chi connectivity index (χ0) is 9.97. The molecule has 1 heterocycles. The van der Waals surface area contributed by atoms with Crippen LogP contribution in [0.25, 0.3) is 0 Å². The Labute approximate surface area is 84.1 Å². The van der Waals surface area contributed by atoms with Gasteiger partial charge in [-0.2, -0.15) is 5.10 Å². The van der Waals surface area contributed by atoms with E-state index in [4.69, 9.17) is 0 Å². The normalized spacial score (nSPS) is 22.6. The van der Waals surface area contributed by atoms with Crippen molar-refractivity contribution in [2.45, 2.75) is 45.1 Å². The maximum Gasteiger partial charge on any atom is 0.133 e. The van der Waals surface area contributed by atoms with Gasteiger partial charge in [-0.1, -0.05) is 0 Å². The van der Waals surface area contributed by atoms with Crippen LogP contribution in [0.2, 0.25) is 0 Å². The number of carbonyl (C=O) groups excluding carboxylic acids is 1. The van der Waals surface area contributed by atoms with Gasteiger partial charge in [-0.05, 0) is 31.2 Å². The average molecular weight is 192 g/mol. The van der Waals surface area contributed by atoms with Crippen LogP contribution in [0.15, 0.2) is 12.4 Å². The average Bonchev–Trinajstić information content (AvgIpc) is 2.66. The summed E-state index contributed by atoms with van der Waals surface area (Å²) < 4.78 is 1.93. The molecule has 76 valence electrons. The Morgan fingerprint density at radius 1 is 1.64 bits per heavy atom. The Morgan fingerprint density at radius 3 is 3.14 bits per heavy atom. The fourth-order valence-electron chi connectivity index (χ4n) is 2.07. The highest BCUT2D eigenvalue weighted by Crippen LogP contribution is 2.30. The molecule has 3 heteroatoms. The summed E-state index contributed by atoms with van der Waals surface area (Å²) in [5.74, 6) is 0.835. The van der Waals surface area contributed by atoms with E-state index in [0.29, 0.717) is 11.7 Å². The summed E-state index contributed by atoms with van der Waals surface area (Å²) in [7, 11) is 0. The van der Waals surface area contributed by atoms with Gasteiger partial charge in [-0.15, -0.1) is 0 Å². The highest BCUT2D eigenvalue weighted by Gasteiger charge is 2.21. The number of Topliss-reactive ketones (excluding diaryl/α,β-unsaturated/α-hetero) is 1. The van der Waals surface area contributed by atoms with Crippen molar-refractivity contribution in [1.82, 2.24) is 9.78 Å². The van der Waals surface area contributed by atoms with Gasteiger partial charge in [0.25, 0.3) is 0 Å². The van der Waals surface area contributed by atoms with Gasteiger partial charge in [0.2, 0.25) is 0 Å². The van der Waals surface area contributed by atoms with E-state index >= 15 is 0 Å². The third kappa shape index (κ3) is 1.86. The first kappa shape index (κ1) is 9.44. The number of rotatable bonds is 2. The van der Waals surface area contributed by atoms with E-state index in [2.05, 4.69) is 18.2 Å². The molecule has 0 saturated heterocycles. The van der Waals surface area contributed by atoms with Crippen molar-refractivity contribution in [3.63, 3.8) is 0 Å². The fourth-order valence-corrected chi connectivity index (χ4v) is 2.07. The monoisotopic (exact) mass is 192 g/mol. The fraction of sp³-hybridized carbons (Fsp3) is 0.636. The van der Waals surface area contributed by atoms with Gasteiger partial charge in [0.05, 0.1) is 6.20 Å². The van der Waals surface area contributed by atoms with Crippen molar-refractivity contribution in [3.05, 3.63) is 18.0 Å². The molecule has 2 rings (SSSR count). The number of nitrogens with zero attached hydrogens (tertiary/aromatic N) is 2. The van der Waals surface area contributed by atoms with Crippen LogP contribution in [0.5, 0.6) is 0 Å². The Hall–Kier alpha value is -1.12. The van der Waals surface area contributed by atoms with Crippen LogP contribution >= 0.6 is 0 Å². The van der Waals surface area contributed by atoms with Crippen LogP contribution in [0, 0.1) is 0 Å². The lowest BCUT2D eigenvalue weighted by atomic mass is 9.85. The maximum atomic E-state index is 11.3. The summed E-state index contributed by atoms with van der Waals surface area (Å²) in [5.41, 5.74) is 1.24. The minimum absolute atomic E-state index is 0.408. The van der Waals surface area contributed by atoms with Gasteiger partial charge in [0, 0.05) is 25.6 Å². The SMILES string of the molecule is CCn1cc(C2CCCC(=O)C2)cn1. The largest absolute Gasteiger partial charge is 0.300 e. The topological polar surface area (TPSA) is 34.9 Å². The molecule has 1 fully saturated rings. The van der Waals surface area contributed by atoms with E-state index in [1.165, 1.54) is 5.56 Å². The summed E-state index contributed by atoms with van der Waals surface area (Å²) in [5, 5.41) is 4.24. The molecule has 1 atom stereocenters. The van der Waals surface area contributed by atoms with E-state index in [0.717, 1.165) is 32.2 Å². The van der Waals surface area contributed by atoms with Crippen molar-refractivity contribution in [3.8, 4) is 0 Å². The molecule has 0 spiro atoms. The summed E-state index contributed by atoms with van der Waals surface area (Å²) in [6.45, 7) is 2.98. The van der Waals surface area contributed by atoms with Crippen LogP contribution in [0.4, 0.5) is 0 Å². The molecule has 0 N–H and O–H groups in total. The summed E-state index contributed by atoms with van der Waals surface area (Å²) >= 11 is 0. The molecular weight excluding hydrogens is 176 g/mol. The Bertz CT molecular complexity index is 330. The van der Waals surface area contributed by atoms with Crippen molar-refractivity contribution in [2.75, 3.05) is 0 Å². The van der Waals surface area contributed by atoms with Gasteiger partial charge >= 0.3 is 0 Å². The predicted octanol–water partition coefficient (Wildman–Crippen LogP) is 2.13. The number of aromatic nitrogens is 2. The molecule has 0 bridgehead atoms. The first-order valence-corrected chi connectivity index (χ1v) is 5.33. The van der Waals surface area contributed by atoms with E-state index < -0.39 is 0 Å². The van der Waals surface area contributed by atoms with Crippen LogP contribution in [0.1, 0.15) is 44.1 Å². The molecule has 1 aromatic heterocycles. The zero-order valence-corrected chi connectivity index (χ0v) is 8.57. The highest BCUT2D eigenvalue weighted by atomic mass is 16.1. The van der Waals surface area contributed by atoms with E-state index in [-0.39, 0.29) is 0 Å². The summed E-state index contributed by atoms with van der Waals surface area (Å²) in [6.07, 6.45) is 7.66. The maximum absolute atomic E-state index is 11.3. The number of hydrogen-bond donors (Lipinski definition) is 0. The van der Waals surface area contributed by atoms with E-state index in [1.807, 2.05) is 10.9 Å². The molecule has 1 saturated carbocycles. The minimum Gasteiger partial charge on any atom is -0.300 e.